The van der Waals surface area contributed by atoms with Crippen molar-refractivity contribution in [3.63, 3.8) is 0 Å². The van der Waals surface area contributed by atoms with Crippen molar-refractivity contribution in [3.05, 3.63) is 22.6 Å². The third-order valence-electron chi connectivity index (χ3n) is 4.05. The van der Waals surface area contributed by atoms with E-state index in [4.69, 9.17) is 5.14 Å². The maximum atomic E-state index is 9.17. The van der Waals surface area contributed by atoms with Crippen LogP contribution in [-0.2, 0) is 0 Å². The lowest BCUT2D eigenvalue weighted by molar-refractivity contribution is 0.256. The maximum absolute atomic E-state index is 9.17. The summed E-state index contributed by atoms with van der Waals surface area (Å²) in [6, 6.07) is 2.22. The quantitative estimate of drug-likeness (QED) is 0.571. The molecule has 0 amide bonds. The molecule has 19 heavy (non-hydrogen) atoms. The number of nitrogens with two attached hydrogens (primary N) is 1. The molecule has 0 aromatic rings. The van der Waals surface area contributed by atoms with Gasteiger partial charge in [-0.2, -0.15) is 5.26 Å². The molecule has 0 aromatic heterocycles. The van der Waals surface area contributed by atoms with Crippen molar-refractivity contribution < 1.29 is 0 Å². The SMILES string of the molecule is C=C(C#N)C1=C(SN)CCCCC1(C)C(C)C.CC. The first-order valence-corrected chi connectivity index (χ1v) is 8.05. The van der Waals surface area contributed by atoms with Crippen LogP contribution in [0.5, 0.6) is 0 Å². The second-order valence-electron chi connectivity index (χ2n) is 5.29. The van der Waals surface area contributed by atoms with Crippen LogP contribution in [-0.4, -0.2) is 0 Å². The highest BCUT2D eigenvalue weighted by Gasteiger charge is 2.37. The third-order valence-corrected chi connectivity index (χ3v) is 4.75. The molecule has 0 heterocycles. The molecule has 108 valence electrons. The molecule has 0 spiro atoms. The van der Waals surface area contributed by atoms with E-state index in [1.54, 1.807) is 0 Å². The van der Waals surface area contributed by atoms with E-state index in [1.807, 2.05) is 13.8 Å². The smallest absolute Gasteiger partial charge is 0.0988 e. The van der Waals surface area contributed by atoms with Crippen molar-refractivity contribution in [2.24, 2.45) is 16.5 Å². The van der Waals surface area contributed by atoms with Gasteiger partial charge in [0.1, 0.15) is 0 Å². The summed E-state index contributed by atoms with van der Waals surface area (Å²) < 4.78 is 0. The molecule has 1 rings (SSSR count). The van der Waals surface area contributed by atoms with E-state index in [0.717, 1.165) is 29.7 Å². The Bertz CT molecular complexity index is 377. The second-order valence-corrected chi connectivity index (χ2v) is 6.01. The normalized spacial score (nSPS) is 23.3. The van der Waals surface area contributed by atoms with E-state index < -0.39 is 0 Å². The van der Waals surface area contributed by atoms with E-state index in [0.29, 0.717) is 11.5 Å². The minimum Gasteiger partial charge on any atom is -0.274 e. The highest BCUT2D eigenvalue weighted by atomic mass is 32.2. The summed E-state index contributed by atoms with van der Waals surface area (Å²) in [5, 5.41) is 15.0. The molecule has 1 aliphatic carbocycles. The second kappa shape index (κ2) is 8.45. The Kier molecular flexibility index (Phi) is 8.13. The Morgan fingerprint density at radius 1 is 1.42 bits per heavy atom. The standard InChI is InChI=1S/C14H22N2S.C2H6/c1-10(2)14(4)8-6-5-7-12(17-16)13(14)11(3)9-15;1-2/h10H,3,5-8,16H2,1-2,4H3;1-2H3. The summed E-state index contributed by atoms with van der Waals surface area (Å²) in [6.07, 6.45) is 4.45. The van der Waals surface area contributed by atoms with Gasteiger partial charge in [-0.3, -0.25) is 5.14 Å². The summed E-state index contributed by atoms with van der Waals surface area (Å²) in [7, 11) is 0. The van der Waals surface area contributed by atoms with Crippen LogP contribution in [0, 0.1) is 22.7 Å². The van der Waals surface area contributed by atoms with Crippen molar-refractivity contribution in [1.82, 2.24) is 0 Å². The molecular formula is C16H28N2S. The van der Waals surface area contributed by atoms with Gasteiger partial charge in [0.2, 0.25) is 0 Å². The van der Waals surface area contributed by atoms with E-state index in [2.05, 4.69) is 33.4 Å². The van der Waals surface area contributed by atoms with Gasteiger partial charge in [0.15, 0.2) is 0 Å². The Morgan fingerprint density at radius 2 is 2.00 bits per heavy atom. The van der Waals surface area contributed by atoms with Crippen LogP contribution in [0.15, 0.2) is 22.6 Å². The zero-order valence-corrected chi connectivity index (χ0v) is 13.9. The molecule has 0 fully saturated rings. The Hall–Kier alpha value is -0.720. The lowest BCUT2D eigenvalue weighted by Crippen LogP contribution is -2.27. The third kappa shape index (κ3) is 4.12. The lowest BCUT2D eigenvalue weighted by atomic mass is 9.68. The minimum absolute atomic E-state index is 0.0328. The van der Waals surface area contributed by atoms with E-state index in [1.165, 1.54) is 18.4 Å². The van der Waals surface area contributed by atoms with Gasteiger partial charge in [-0.1, -0.05) is 59.6 Å². The molecule has 2 nitrogen and oxygen atoms in total. The average molecular weight is 280 g/mol. The first kappa shape index (κ1) is 18.3. The van der Waals surface area contributed by atoms with Crippen molar-refractivity contribution >= 4 is 11.9 Å². The molecule has 3 heteroatoms. The number of allylic oxidation sites excluding steroid dienone is 3. The number of nitriles is 1. The molecule has 0 saturated carbocycles. The van der Waals surface area contributed by atoms with Gasteiger partial charge < -0.3 is 0 Å². The summed E-state index contributed by atoms with van der Waals surface area (Å²) >= 11 is 1.30. The van der Waals surface area contributed by atoms with E-state index in [-0.39, 0.29) is 5.41 Å². The molecule has 0 saturated heterocycles. The molecule has 0 radical (unpaired) electrons. The number of nitrogens with zero attached hydrogens (tertiary/aromatic N) is 1. The first-order valence-electron chi connectivity index (χ1n) is 7.17. The van der Waals surface area contributed by atoms with Crippen molar-refractivity contribution in [2.75, 3.05) is 0 Å². The summed E-state index contributed by atoms with van der Waals surface area (Å²) in [4.78, 5) is 1.16. The fraction of sp³-hybridized carbons (Fsp3) is 0.688. The summed E-state index contributed by atoms with van der Waals surface area (Å²) in [5.41, 5.74) is 1.74. The van der Waals surface area contributed by atoms with Gasteiger partial charge in [0.25, 0.3) is 0 Å². The van der Waals surface area contributed by atoms with Gasteiger partial charge >= 0.3 is 0 Å². The van der Waals surface area contributed by atoms with Crippen LogP contribution < -0.4 is 5.14 Å². The molecule has 0 aromatic carbocycles. The van der Waals surface area contributed by atoms with Gasteiger partial charge in [0, 0.05) is 10.5 Å². The van der Waals surface area contributed by atoms with Crippen LogP contribution in [0.1, 0.15) is 60.3 Å². The van der Waals surface area contributed by atoms with Crippen LogP contribution in [0.4, 0.5) is 0 Å². The topological polar surface area (TPSA) is 49.8 Å². The molecule has 2 N–H and O–H groups in total. The first-order chi connectivity index (χ1) is 8.97. The Labute approximate surface area is 123 Å². The largest absolute Gasteiger partial charge is 0.274 e. The van der Waals surface area contributed by atoms with Crippen molar-refractivity contribution in [2.45, 2.75) is 60.3 Å². The van der Waals surface area contributed by atoms with Crippen molar-refractivity contribution in [1.29, 1.82) is 5.26 Å². The number of rotatable bonds is 3. The summed E-state index contributed by atoms with van der Waals surface area (Å²) in [6.45, 7) is 14.6. The monoisotopic (exact) mass is 280 g/mol. The average Bonchev–Trinajstić information content (AvgIpc) is 2.60. The lowest BCUT2D eigenvalue weighted by Gasteiger charge is -2.36. The molecule has 1 unspecified atom stereocenters. The Balaban J connectivity index is 0.00000154. The van der Waals surface area contributed by atoms with Gasteiger partial charge in [-0.25, -0.2) is 0 Å². The predicted octanol–water partition coefficient (Wildman–Crippen LogP) is 5.19. The highest BCUT2D eigenvalue weighted by Crippen LogP contribution is 2.48. The molecule has 0 bridgehead atoms. The maximum Gasteiger partial charge on any atom is 0.0988 e. The number of hydrogen-bond acceptors (Lipinski definition) is 3. The number of hydrogen-bond donors (Lipinski definition) is 1. The van der Waals surface area contributed by atoms with Gasteiger partial charge in [0.05, 0.1) is 6.07 Å². The van der Waals surface area contributed by atoms with Gasteiger partial charge in [-0.15, -0.1) is 0 Å². The zero-order chi connectivity index (χ0) is 15.1. The predicted molar refractivity (Wildman–Crippen MR) is 86.3 cm³/mol. The Morgan fingerprint density at radius 3 is 2.42 bits per heavy atom. The highest BCUT2D eigenvalue weighted by molar-refractivity contribution is 8.00. The van der Waals surface area contributed by atoms with E-state index >= 15 is 0 Å². The van der Waals surface area contributed by atoms with Gasteiger partial charge in [-0.05, 0) is 36.2 Å². The molecule has 1 atom stereocenters. The summed E-state index contributed by atoms with van der Waals surface area (Å²) in [5.74, 6) is 0.489. The van der Waals surface area contributed by atoms with Crippen LogP contribution >= 0.6 is 11.9 Å². The zero-order valence-electron chi connectivity index (χ0n) is 13.0. The molecular weight excluding hydrogens is 252 g/mol. The van der Waals surface area contributed by atoms with Crippen LogP contribution in [0.3, 0.4) is 0 Å². The van der Waals surface area contributed by atoms with Crippen LogP contribution in [0.25, 0.3) is 0 Å². The minimum atomic E-state index is 0.0328. The fourth-order valence-corrected chi connectivity index (χ4v) is 3.35. The molecule has 0 aliphatic heterocycles. The van der Waals surface area contributed by atoms with E-state index in [9.17, 15) is 5.26 Å². The molecule has 1 aliphatic rings. The van der Waals surface area contributed by atoms with Crippen molar-refractivity contribution in [3.8, 4) is 6.07 Å². The fourth-order valence-electron chi connectivity index (χ4n) is 2.61. The van der Waals surface area contributed by atoms with Crippen LogP contribution in [0.2, 0.25) is 0 Å².